The minimum atomic E-state index is -0.459. The Morgan fingerprint density at radius 2 is 1.86 bits per heavy atom. The second-order valence-corrected chi connectivity index (χ2v) is 4.63. The Morgan fingerprint density at radius 1 is 1.21 bits per heavy atom. The van der Waals surface area contributed by atoms with Crippen molar-refractivity contribution in [3.63, 3.8) is 0 Å². The lowest BCUT2D eigenvalue weighted by atomic mass is 10.2. The maximum Gasteiger partial charge on any atom is 0.325 e. The van der Waals surface area contributed by atoms with Crippen LogP contribution in [0.2, 0.25) is 0 Å². The Kier molecular flexibility index (Phi) is 1.47. The molecule has 1 N–H and O–H groups in total. The van der Waals surface area contributed by atoms with E-state index in [1.807, 2.05) is 0 Å². The standard InChI is InChI=1S/C10H14N2O2/c13-8-10(5-6-10)11-9(14)12(8)7-3-1-2-4-7/h7H,1-6H2,(H,11,14). The Balaban J connectivity index is 1.84. The van der Waals surface area contributed by atoms with E-state index in [2.05, 4.69) is 5.32 Å². The summed E-state index contributed by atoms with van der Waals surface area (Å²) >= 11 is 0. The number of nitrogens with one attached hydrogen (secondary N) is 1. The number of amides is 3. The molecule has 1 heterocycles. The normalized spacial score (nSPS) is 30.1. The van der Waals surface area contributed by atoms with Gasteiger partial charge in [-0.25, -0.2) is 4.79 Å². The van der Waals surface area contributed by atoms with Crippen LogP contribution in [0, 0.1) is 0 Å². The number of rotatable bonds is 1. The maximum absolute atomic E-state index is 11.9. The van der Waals surface area contributed by atoms with Crippen molar-refractivity contribution in [1.82, 2.24) is 10.2 Å². The smallest absolute Gasteiger partial charge is 0.323 e. The third-order valence-corrected chi connectivity index (χ3v) is 3.63. The molecule has 4 nitrogen and oxygen atoms in total. The van der Waals surface area contributed by atoms with Crippen LogP contribution < -0.4 is 5.32 Å². The van der Waals surface area contributed by atoms with Crippen molar-refractivity contribution in [2.45, 2.75) is 50.1 Å². The van der Waals surface area contributed by atoms with E-state index < -0.39 is 5.54 Å². The van der Waals surface area contributed by atoms with Gasteiger partial charge in [0.2, 0.25) is 0 Å². The molecule has 0 aromatic carbocycles. The highest BCUT2D eigenvalue weighted by molar-refractivity contribution is 6.09. The zero-order valence-corrected chi connectivity index (χ0v) is 8.08. The van der Waals surface area contributed by atoms with Crippen molar-refractivity contribution in [2.24, 2.45) is 0 Å². The fourth-order valence-corrected chi connectivity index (χ4v) is 2.60. The Morgan fingerprint density at radius 3 is 2.36 bits per heavy atom. The maximum atomic E-state index is 11.9. The molecule has 4 heteroatoms. The highest BCUT2D eigenvalue weighted by Gasteiger charge is 2.60. The van der Waals surface area contributed by atoms with Gasteiger partial charge >= 0.3 is 6.03 Å². The molecule has 3 amide bonds. The zero-order chi connectivity index (χ0) is 9.76. The van der Waals surface area contributed by atoms with Crippen LogP contribution >= 0.6 is 0 Å². The fraction of sp³-hybridized carbons (Fsp3) is 0.800. The summed E-state index contributed by atoms with van der Waals surface area (Å²) in [6, 6.07) is 0.0295. The van der Waals surface area contributed by atoms with Crippen LogP contribution in [0.5, 0.6) is 0 Å². The van der Waals surface area contributed by atoms with E-state index >= 15 is 0 Å². The van der Waals surface area contributed by atoms with Gasteiger partial charge in [0, 0.05) is 6.04 Å². The van der Waals surface area contributed by atoms with Gasteiger partial charge in [0.25, 0.3) is 5.91 Å². The highest BCUT2D eigenvalue weighted by Crippen LogP contribution is 2.42. The van der Waals surface area contributed by atoms with E-state index in [0.717, 1.165) is 38.5 Å². The molecule has 2 saturated carbocycles. The van der Waals surface area contributed by atoms with Gasteiger partial charge in [-0.05, 0) is 25.7 Å². The molecule has 14 heavy (non-hydrogen) atoms. The third-order valence-electron chi connectivity index (χ3n) is 3.63. The third kappa shape index (κ3) is 0.938. The molecular formula is C10H14N2O2. The summed E-state index contributed by atoms with van der Waals surface area (Å²) in [5.74, 6) is 0.0365. The Hall–Kier alpha value is -1.06. The van der Waals surface area contributed by atoms with Gasteiger partial charge < -0.3 is 5.32 Å². The van der Waals surface area contributed by atoms with Crippen LogP contribution in [-0.2, 0) is 4.79 Å². The molecule has 76 valence electrons. The van der Waals surface area contributed by atoms with E-state index in [-0.39, 0.29) is 18.0 Å². The number of urea groups is 1. The molecule has 3 fully saturated rings. The summed E-state index contributed by atoms with van der Waals surface area (Å²) in [5, 5.41) is 2.82. The lowest BCUT2D eigenvalue weighted by molar-refractivity contribution is -0.129. The van der Waals surface area contributed by atoms with E-state index in [0.29, 0.717) is 0 Å². The van der Waals surface area contributed by atoms with Gasteiger partial charge in [-0.15, -0.1) is 0 Å². The van der Waals surface area contributed by atoms with Crippen LogP contribution in [0.25, 0.3) is 0 Å². The van der Waals surface area contributed by atoms with Crippen LogP contribution in [0.1, 0.15) is 38.5 Å². The summed E-state index contributed by atoms with van der Waals surface area (Å²) in [5.41, 5.74) is -0.459. The molecule has 1 spiro atoms. The lowest BCUT2D eigenvalue weighted by Gasteiger charge is -2.20. The SMILES string of the molecule is O=C1NC2(CC2)C(=O)N1C1CCCC1. The van der Waals surface area contributed by atoms with Crippen LogP contribution in [-0.4, -0.2) is 28.4 Å². The molecule has 1 saturated heterocycles. The molecular weight excluding hydrogens is 180 g/mol. The van der Waals surface area contributed by atoms with Crippen molar-refractivity contribution in [3.05, 3.63) is 0 Å². The molecule has 0 radical (unpaired) electrons. The summed E-state index contributed by atoms with van der Waals surface area (Å²) in [7, 11) is 0. The van der Waals surface area contributed by atoms with Gasteiger partial charge in [0.05, 0.1) is 0 Å². The largest absolute Gasteiger partial charge is 0.325 e. The molecule has 1 aliphatic heterocycles. The first kappa shape index (κ1) is 8.26. The molecule has 0 aromatic heterocycles. The molecule has 0 aromatic rings. The minimum Gasteiger partial charge on any atom is -0.323 e. The van der Waals surface area contributed by atoms with Crippen molar-refractivity contribution in [1.29, 1.82) is 0 Å². The van der Waals surface area contributed by atoms with Gasteiger partial charge in [-0.2, -0.15) is 0 Å². The average Bonchev–Trinajstić information content (AvgIpc) is 2.65. The molecule has 3 aliphatic rings. The molecule has 0 atom stereocenters. The molecule has 0 unspecified atom stereocenters. The highest BCUT2D eigenvalue weighted by atomic mass is 16.2. The topological polar surface area (TPSA) is 49.4 Å². The van der Waals surface area contributed by atoms with Crippen LogP contribution in [0.3, 0.4) is 0 Å². The Bertz CT molecular complexity index is 303. The van der Waals surface area contributed by atoms with Crippen molar-refractivity contribution >= 4 is 11.9 Å². The van der Waals surface area contributed by atoms with Gasteiger partial charge in [-0.1, -0.05) is 12.8 Å². The molecule has 0 bridgehead atoms. The molecule has 3 rings (SSSR count). The number of carbonyl (C=O) groups is 2. The number of hydrogen-bond donors (Lipinski definition) is 1. The van der Waals surface area contributed by atoms with E-state index in [4.69, 9.17) is 0 Å². The summed E-state index contributed by atoms with van der Waals surface area (Å²) in [6.45, 7) is 0. The van der Waals surface area contributed by atoms with E-state index in [1.54, 1.807) is 0 Å². The quantitative estimate of drug-likeness (QED) is 0.633. The molecule has 2 aliphatic carbocycles. The van der Waals surface area contributed by atoms with E-state index in [1.165, 1.54) is 4.90 Å². The van der Waals surface area contributed by atoms with Crippen molar-refractivity contribution < 1.29 is 9.59 Å². The first-order chi connectivity index (χ1) is 6.73. The number of imide groups is 1. The summed E-state index contributed by atoms with van der Waals surface area (Å²) in [4.78, 5) is 25.0. The number of nitrogens with zero attached hydrogens (tertiary/aromatic N) is 1. The Labute approximate surface area is 82.6 Å². The van der Waals surface area contributed by atoms with Gasteiger partial charge in [0.1, 0.15) is 5.54 Å². The van der Waals surface area contributed by atoms with Crippen LogP contribution in [0.15, 0.2) is 0 Å². The predicted octanol–water partition coefficient (Wildman–Crippen LogP) is 1.01. The monoisotopic (exact) mass is 194 g/mol. The summed E-state index contributed by atoms with van der Waals surface area (Å²) < 4.78 is 0. The van der Waals surface area contributed by atoms with E-state index in [9.17, 15) is 9.59 Å². The number of carbonyl (C=O) groups excluding carboxylic acids is 2. The first-order valence-corrected chi connectivity index (χ1v) is 5.39. The summed E-state index contributed by atoms with van der Waals surface area (Å²) in [6.07, 6.45) is 5.95. The van der Waals surface area contributed by atoms with Crippen molar-refractivity contribution in [2.75, 3.05) is 0 Å². The van der Waals surface area contributed by atoms with Crippen molar-refractivity contribution in [3.8, 4) is 0 Å². The average molecular weight is 194 g/mol. The lowest BCUT2D eigenvalue weighted by Crippen LogP contribution is -2.39. The predicted molar refractivity (Wildman–Crippen MR) is 49.6 cm³/mol. The minimum absolute atomic E-state index is 0.0365. The fourth-order valence-electron chi connectivity index (χ4n) is 2.60. The second-order valence-electron chi connectivity index (χ2n) is 4.63. The first-order valence-electron chi connectivity index (χ1n) is 5.39. The van der Waals surface area contributed by atoms with Gasteiger partial charge in [0.15, 0.2) is 0 Å². The van der Waals surface area contributed by atoms with Gasteiger partial charge in [-0.3, -0.25) is 9.69 Å². The number of hydrogen-bond acceptors (Lipinski definition) is 2. The second kappa shape index (κ2) is 2.49. The van der Waals surface area contributed by atoms with Crippen LogP contribution in [0.4, 0.5) is 4.79 Å². The zero-order valence-electron chi connectivity index (χ0n) is 8.08.